The molecule has 0 unspecified atom stereocenters. The highest BCUT2D eigenvalue weighted by atomic mass is 32.1. The van der Waals surface area contributed by atoms with Crippen molar-refractivity contribution in [3.63, 3.8) is 0 Å². The summed E-state index contributed by atoms with van der Waals surface area (Å²) in [7, 11) is 1.35. The first-order valence-electron chi connectivity index (χ1n) is 11.5. The van der Waals surface area contributed by atoms with Crippen molar-refractivity contribution >= 4 is 23.2 Å². The van der Waals surface area contributed by atoms with Crippen molar-refractivity contribution in [3.8, 4) is 16.7 Å². The number of carbonyl (C=O) groups excluding carboxylic acids is 2. The van der Waals surface area contributed by atoms with Gasteiger partial charge in [-0.3, -0.25) is 4.79 Å². The summed E-state index contributed by atoms with van der Waals surface area (Å²) in [6.45, 7) is 0. The number of ether oxygens (including phenoxy) is 3. The Labute approximate surface area is 202 Å². The Balaban J connectivity index is 1.25. The summed E-state index contributed by atoms with van der Waals surface area (Å²) in [5, 5.41) is 3.24. The molecule has 1 aliphatic carbocycles. The molecule has 7 nitrogen and oxygen atoms in total. The van der Waals surface area contributed by atoms with Crippen LogP contribution in [0.4, 0.5) is 0 Å². The fourth-order valence-electron chi connectivity index (χ4n) is 4.67. The Bertz CT molecular complexity index is 1190. The van der Waals surface area contributed by atoms with E-state index in [9.17, 15) is 9.59 Å². The summed E-state index contributed by atoms with van der Waals surface area (Å²) in [5.74, 6) is 0.760. The molecule has 1 saturated carbocycles. The molecule has 1 atom stereocenters. The number of fused-ring (bicyclic) bond motifs is 1. The third-order valence-corrected chi connectivity index (χ3v) is 7.32. The van der Waals surface area contributed by atoms with E-state index in [0.29, 0.717) is 28.7 Å². The van der Waals surface area contributed by atoms with Crippen LogP contribution in [0.3, 0.4) is 0 Å². The smallest absolute Gasteiger partial charge is 0.331 e. The number of aromatic nitrogens is 1. The third-order valence-electron chi connectivity index (χ3n) is 6.45. The largest absolute Gasteiger partial charge is 0.485 e. The maximum absolute atomic E-state index is 12.8. The minimum Gasteiger partial charge on any atom is -0.485 e. The molecule has 0 saturated heterocycles. The lowest BCUT2D eigenvalue weighted by atomic mass is 9.97. The van der Waals surface area contributed by atoms with Crippen molar-refractivity contribution < 1.29 is 23.8 Å². The first-order chi connectivity index (χ1) is 16.6. The third kappa shape index (κ3) is 4.50. The molecule has 8 heteroatoms. The van der Waals surface area contributed by atoms with Crippen LogP contribution in [0.5, 0.6) is 16.7 Å². The highest BCUT2D eigenvalue weighted by molar-refractivity contribution is 7.15. The van der Waals surface area contributed by atoms with Crippen LogP contribution >= 0.6 is 11.3 Å². The molecule has 1 aliphatic heterocycles. The van der Waals surface area contributed by atoms with Crippen LogP contribution in [0.15, 0.2) is 54.7 Å². The van der Waals surface area contributed by atoms with Crippen LogP contribution in [0.25, 0.3) is 0 Å². The zero-order valence-electron chi connectivity index (χ0n) is 18.9. The molecular weight excluding hydrogens is 452 g/mol. The van der Waals surface area contributed by atoms with Crippen molar-refractivity contribution in [2.75, 3.05) is 7.11 Å². The van der Waals surface area contributed by atoms with Gasteiger partial charge >= 0.3 is 5.97 Å². The second-order valence-corrected chi connectivity index (χ2v) is 9.65. The van der Waals surface area contributed by atoms with Gasteiger partial charge in [-0.15, -0.1) is 0 Å². The number of benzene rings is 2. The van der Waals surface area contributed by atoms with Gasteiger partial charge in [0, 0.05) is 0 Å². The van der Waals surface area contributed by atoms with E-state index >= 15 is 0 Å². The number of hydrogen-bond acceptors (Lipinski definition) is 7. The van der Waals surface area contributed by atoms with Crippen LogP contribution in [-0.4, -0.2) is 29.5 Å². The molecule has 2 aromatic carbocycles. The molecule has 5 rings (SSSR count). The van der Waals surface area contributed by atoms with Crippen molar-refractivity contribution in [1.29, 1.82) is 0 Å². The molecule has 0 radical (unpaired) electrons. The molecule has 1 fully saturated rings. The van der Waals surface area contributed by atoms with Gasteiger partial charge in [0.1, 0.15) is 28.0 Å². The molecule has 3 aromatic rings. The van der Waals surface area contributed by atoms with Crippen molar-refractivity contribution in [2.45, 2.75) is 50.2 Å². The number of esters is 1. The number of nitrogens with zero attached hydrogens (tertiary/aromatic N) is 1. The van der Waals surface area contributed by atoms with Gasteiger partial charge < -0.3 is 19.5 Å². The number of nitrogens with one attached hydrogen (secondary N) is 1. The summed E-state index contributed by atoms with van der Waals surface area (Å²) in [5.41, 5.74) is 1.31. The van der Waals surface area contributed by atoms with Gasteiger partial charge in [-0.1, -0.05) is 54.5 Å². The maximum Gasteiger partial charge on any atom is 0.331 e. The van der Waals surface area contributed by atoms with E-state index in [1.807, 2.05) is 36.4 Å². The van der Waals surface area contributed by atoms with E-state index in [4.69, 9.17) is 14.2 Å². The predicted octanol–water partition coefficient (Wildman–Crippen LogP) is 5.22. The first kappa shape index (κ1) is 22.4. The Morgan fingerprint density at radius 2 is 1.94 bits per heavy atom. The Hall–Kier alpha value is -3.39. The number of thiazole rings is 1. The Morgan fingerprint density at radius 1 is 1.15 bits per heavy atom. The second-order valence-electron chi connectivity index (χ2n) is 8.65. The number of amides is 1. The molecule has 34 heavy (non-hydrogen) atoms. The summed E-state index contributed by atoms with van der Waals surface area (Å²) < 4.78 is 17.1. The van der Waals surface area contributed by atoms with Crippen molar-refractivity contribution in [1.82, 2.24) is 10.3 Å². The number of hydrogen-bond donors (Lipinski definition) is 1. The number of methoxy groups -OCH3 is 1. The minimum atomic E-state index is -0.951. The molecule has 1 N–H and O–H groups in total. The highest BCUT2D eigenvalue weighted by Crippen LogP contribution is 2.38. The van der Waals surface area contributed by atoms with Gasteiger partial charge in [0.25, 0.3) is 11.1 Å². The summed E-state index contributed by atoms with van der Waals surface area (Å²) in [6, 6.07) is 15.9. The molecule has 2 heterocycles. The van der Waals surface area contributed by atoms with E-state index < -0.39 is 11.5 Å². The van der Waals surface area contributed by atoms with Crippen LogP contribution in [0.2, 0.25) is 0 Å². The fraction of sp³-hybridized carbons (Fsp3) is 0.346. The van der Waals surface area contributed by atoms with Crippen LogP contribution in [0.1, 0.15) is 59.0 Å². The van der Waals surface area contributed by atoms with E-state index in [2.05, 4.69) is 22.4 Å². The minimum absolute atomic E-state index is 0.0497. The lowest BCUT2D eigenvalue weighted by Crippen LogP contribution is -2.53. The van der Waals surface area contributed by atoms with Gasteiger partial charge in [0.05, 0.1) is 13.3 Å². The van der Waals surface area contributed by atoms with Gasteiger partial charge in [-0.05, 0) is 55.0 Å². The summed E-state index contributed by atoms with van der Waals surface area (Å²) >= 11 is 1.14. The zero-order chi connectivity index (χ0) is 23.5. The van der Waals surface area contributed by atoms with Gasteiger partial charge in [-0.25, -0.2) is 9.78 Å². The topological polar surface area (TPSA) is 86.8 Å². The van der Waals surface area contributed by atoms with Gasteiger partial charge in [0.2, 0.25) is 0 Å². The first-order valence-corrected chi connectivity index (χ1v) is 12.3. The Morgan fingerprint density at radius 3 is 2.71 bits per heavy atom. The van der Waals surface area contributed by atoms with E-state index in [0.717, 1.165) is 48.3 Å². The number of carbonyl (C=O) groups is 2. The van der Waals surface area contributed by atoms with Gasteiger partial charge in [-0.2, -0.15) is 0 Å². The predicted molar refractivity (Wildman–Crippen MR) is 127 cm³/mol. The molecule has 0 spiro atoms. The quantitative estimate of drug-likeness (QED) is 0.489. The van der Waals surface area contributed by atoms with Crippen molar-refractivity contribution in [3.05, 3.63) is 70.7 Å². The van der Waals surface area contributed by atoms with Crippen LogP contribution < -0.4 is 14.8 Å². The van der Waals surface area contributed by atoms with Crippen molar-refractivity contribution in [2.24, 2.45) is 0 Å². The second kappa shape index (κ2) is 9.46. The Kier molecular flexibility index (Phi) is 6.24. The molecule has 1 amide bonds. The van der Waals surface area contributed by atoms with E-state index in [1.54, 1.807) is 0 Å². The van der Waals surface area contributed by atoms with E-state index in [1.165, 1.54) is 18.9 Å². The van der Waals surface area contributed by atoms with E-state index in [-0.39, 0.29) is 12.0 Å². The number of aryl methyl sites for hydroxylation is 1. The lowest BCUT2D eigenvalue weighted by molar-refractivity contribution is -0.148. The summed E-state index contributed by atoms with van der Waals surface area (Å²) in [6.07, 6.45) is 6.21. The normalized spacial score (nSPS) is 18.4. The molecular formula is C26H26N2O5S. The maximum atomic E-state index is 12.8. The van der Waals surface area contributed by atoms with Crippen LogP contribution in [0, 0.1) is 0 Å². The SMILES string of the molecule is COC(=O)C1(NC(=O)c2cnc(Oc3ccc4c(c3)CC[C@@H](c3ccccc3)O4)s2)CCCC1. The lowest BCUT2D eigenvalue weighted by Gasteiger charge is -2.26. The number of rotatable bonds is 6. The average molecular weight is 479 g/mol. The standard InChI is InChI=1S/C26H26N2O5S/c1-31-24(30)26(13-5-6-14-26)28-23(29)22-16-27-25(34-22)32-19-10-12-21-18(15-19)9-11-20(33-21)17-7-3-2-4-8-17/h2-4,7-8,10,12,15-16,20H,5-6,9,11,13-14H2,1H3,(H,28,29)/t20-/m0/s1. The summed E-state index contributed by atoms with van der Waals surface area (Å²) in [4.78, 5) is 29.7. The van der Waals surface area contributed by atoms with Gasteiger partial charge in [0.15, 0.2) is 0 Å². The van der Waals surface area contributed by atoms with Crippen LogP contribution in [-0.2, 0) is 16.0 Å². The zero-order valence-corrected chi connectivity index (χ0v) is 19.7. The fourth-order valence-corrected chi connectivity index (χ4v) is 5.36. The monoisotopic (exact) mass is 478 g/mol. The molecule has 2 aliphatic rings. The highest BCUT2D eigenvalue weighted by Gasteiger charge is 2.44. The molecule has 0 bridgehead atoms. The molecule has 176 valence electrons. The molecule has 1 aromatic heterocycles. The average Bonchev–Trinajstić information content (AvgIpc) is 3.54.